The van der Waals surface area contributed by atoms with E-state index in [1.165, 1.54) is 5.56 Å². The van der Waals surface area contributed by atoms with Crippen molar-refractivity contribution in [2.75, 3.05) is 46.9 Å². The van der Waals surface area contributed by atoms with E-state index in [9.17, 15) is 4.79 Å². The first-order valence-corrected chi connectivity index (χ1v) is 7.47. The Labute approximate surface area is 126 Å². The van der Waals surface area contributed by atoms with Crippen LogP contribution in [0.4, 0.5) is 0 Å². The number of benzene rings is 1. The molecule has 0 bridgehead atoms. The van der Waals surface area contributed by atoms with Crippen LogP contribution in [0.5, 0.6) is 0 Å². The fraction of sp³-hybridized carbons (Fsp3) is 0.562. The second-order valence-electron chi connectivity index (χ2n) is 5.59. The maximum absolute atomic E-state index is 12.3. The minimum Gasteiger partial charge on any atom is -0.378 e. The van der Waals surface area contributed by atoms with Crippen LogP contribution in [0.2, 0.25) is 0 Å². The molecule has 5 heteroatoms. The van der Waals surface area contributed by atoms with Crippen molar-refractivity contribution >= 4 is 5.91 Å². The molecule has 1 aromatic rings. The number of hydrogen-bond acceptors (Lipinski definition) is 4. The van der Waals surface area contributed by atoms with Gasteiger partial charge in [0.1, 0.15) is 0 Å². The number of amides is 1. The van der Waals surface area contributed by atoms with E-state index in [1.54, 1.807) is 0 Å². The van der Waals surface area contributed by atoms with Crippen molar-refractivity contribution < 1.29 is 9.53 Å². The van der Waals surface area contributed by atoms with Gasteiger partial charge in [-0.1, -0.05) is 24.3 Å². The van der Waals surface area contributed by atoms with Gasteiger partial charge in [-0.2, -0.15) is 0 Å². The largest absolute Gasteiger partial charge is 0.378 e. The molecule has 1 atom stereocenters. The van der Waals surface area contributed by atoms with Crippen LogP contribution in [0, 0.1) is 0 Å². The molecule has 1 unspecified atom stereocenters. The Morgan fingerprint density at radius 2 is 2.19 bits per heavy atom. The molecule has 116 valence electrons. The fourth-order valence-corrected chi connectivity index (χ4v) is 2.45. The van der Waals surface area contributed by atoms with Gasteiger partial charge < -0.3 is 20.3 Å². The van der Waals surface area contributed by atoms with Crippen molar-refractivity contribution in [3.63, 3.8) is 0 Å². The second kappa shape index (κ2) is 8.12. The van der Waals surface area contributed by atoms with Crippen molar-refractivity contribution in [3.8, 4) is 0 Å². The van der Waals surface area contributed by atoms with Crippen LogP contribution < -0.4 is 10.6 Å². The normalized spacial score (nSPS) is 17.6. The van der Waals surface area contributed by atoms with E-state index in [0.717, 1.165) is 18.7 Å². The molecule has 1 amide bonds. The average molecular weight is 291 g/mol. The number of fused-ring (bicyclic) bond motifs is 1. The molecule has 5 nitrogen and oxygen atoms in total. The third kappa shape index (κ3) is 4.81. The first-order chi connectivity index (χ1) is 10.2. The highest BCUT2D eigenvalue weighted by atomic mass is 16.5. The van der Waals surface area contributed by atoms with E-state index >= 15 is 0 Å². The molecule has 2 rings (SSSR count). The molecule has 1 aliphatic heterocycles. The summed E-state index contributed by atoms with van der Waals surface area (Å²) in [6.07, 6.45) is 0. The lowest BCUT2D eigenvalue weighted by Crippen LogP contribution is -2.40. The Balaban J connectivity index is 1.74. The van der Waals surface area contributed by atoms with Crippen LogP contribution in [0.25, 0.3) is 0 Å². The number of nitrogens with zero attached hydrogens (tertiary/aromatic N) is 1. The topological polar surface area (TPSA) is 53.6 Å². The Morgan fingerprint density at radius 3 is 3.00 bits per heavy atom. The highest BCUT2D eigenvalue weighted by Crippen LogP contribution is 2.23. The molecule has 0 saturated carbocycles. The highest BCUT2D eigenvalue weighted by Gasteiger charge is 2.25. The van der Waals surface area contributed by atoms with Gasteiger partial charge >= 0.3 is 0 Å². The molecule has 2 N–H and O–H groups in total. The summed E-state index contributed by atoms with van der Waals surface area (Å²) in [5, 5.41) is 6.26. The SMILES string of the molecule is CN(C)CCOCCNC(=O)C1CNCc2ccccc21. The molecule has 0 aliphatic carbocycles. The zero-order valence-electron chi connectivity index (χ0n) is 12.9. The van der Waals surface area contributed by atoms with E-state index in [0.29, 0.717) is 26.3 Å². The smallest absolute Gasteiger partial charge is 0.228 e. The number of rotatable bonds is 7. The van der Waals surface area contributed by atoms with Crippen LogP contribution in [-0.4, -0.2) is 57.8 Å². The average Bonchev–Trinajstić information content (AvgIpc) is 2.49. The van der Waals surface area contributed by atoms with Crippen molar-refractivity contribution in [2.45, 2.75) is 12.5 Å². The monoisotopic (exact) mass is 291 g/mol. The van der Waals surface area contributed by atoms with Gasteiger partial charge in [-0.05, 0) is 25.2 Å². The van der Waals surface area contributed by atoms with Crippen molar-refractivity contribution in [1.82, 2.24) is 15.5 Å². The Morgan fingerprint density at radius 1 is 1.38 bits per heavy atom. The molecule has 1 heterocycles. The molecule has 0 fully saturated rings. The van der Waals surface area contributed by atoms with Gasteiger partial charge in [0.2, 0.25) is 5.91 Å². The summed E-state index contributed by atoms with van der Waals surface area (Å²) in [4.78, 5) is 14.4. The van der Waals surface area contributed by atoms with Gasteiger partial charge in [0.05, 0.1) is 19.1 Å². The second-order valence-corrected chi connectivity index (χ2v) is 5.59. The lowest BCUT2D eigenvalue weighted by Gasteiger charge is -2.25. The van der Waals surface area contributed by atoms with Gasteiger partial charge in [0, 0.05) is 26.2 Å². The van der Waals surface area contributed by atoms with E-state index in [1.807, 2.05) is 32.3 Å². The summed E-state index contributed by atoms with van der Waals surface area (Å²) >= 11 is 0. The van der Waals surface area contributed by atoms with E-state index in [2.05, 4.69) is 21.6 Å². The van der Waals surface area contributed by atoms with Gasteiger partial charge in [-0.3, -0.25) is 4.79 Å². The third-order valence-corrected chi connectivity index (χ3v) is 3.64. The quantitative estimate of drug-likeness (QED) is 0.721. The molecule has 1 aliphatic rings. The van der Waals surface area contributed by atoms with Gasteiger partial charge in [-0.25, -0.2) is 0 Å². The molecule has 0 saturated heterocycles. The van der Waals surface area contributed by atoms with Crippen LogP contribution in [-0.2, 0) is 16.1 Å². The van der Waals surface area contributed by atoms with Crippen molar-refractivity contribution in [3.05, 3.63) is 35.4 Å². The fourth-order valence-electron chi connectivity index (χ4n) is 2.45. The molecule has 0 aromatic heterocycles. The van der Waals surface area contributed by atoms with E-state index < -0.39 is 0 Å². The highest BCUT2D eigenvalue weighted by molar-refractivity contribution is 5.84. The minimum atomic E-state index is -0.100. The third-order valence-electron chi connectivity index (χ3n) is 3.64. The lowest BCUT2D eigenvalue weighted by atomic mass is 9.90. The Hall–Kier alpha value is -1.43. The molecule has 1 aromatic carbocycles. The van der Waals surface area contributed by atoms with Gasteiger partial charge in [0.15, 0.2) is 0 Å². The zero-order chi connectivity index (χ0) is 15.1. The number of carbonyl (C=O) groups excluding carboxylic acids is 1. The summed E-state index contributed by atoms with van der Waals surface area (Å²) in [5.74, 6) is -0.0254. The zero-order valence-corrected chi connectivity index (χ0v) is 12.9. The summed E-state index contributed by atoms with van der Waals surface area (Å²) in [6, 6.07) is 8.13. The van der Waals surface area contributed by atoms with Crippen LogP contribution in [0.1, 0.15) is 17.0 Å². The summed E-state index contributed by atoms with van der Waals surface area (Å²) in [7, 11) is 4.03. The summed E-state index contributed by atoms with van der Waals surface area (Å²) in [6.45, 7) is 4.24. The van der Waals surface area contributed by atoms with E-state index in [4.69, 9.17) is 4.74 Å². The number of hydrogen-bond donors (Lipinski definition) is 2. The van der Waals surface area contributed by atoms with E-state index in [-0.39, 0.29) is 11.8 Å². The molecular formula is C16H25N3O2. The number of likely N-dealkylation sites (N-methyl/N-ethyl adjacent to an activating group) is 1. The summed E-state index contributed by atoms with van der Waals surface area (Å²) in [5.41, 5.74) is 2.36. The van der Waals surface area contributed by atoms with Gasteiger partial charge in [0.25, 0.3) is 0 Å². The first kappa shape index (κ1) is 15.9. The van der Waals surface area contributed by atoms with Crippen molar-refractivity contribution in [1.29, 1.82) is 0 Å². The maximum atomic E-state index is 12.3. The summed E-state index contributed by atoms with van der Waals surface area (Å²) < 4.78 is 5.48. The predicted octanol–water partition coefficient (Wildman–Crippen LogP) is 0.568. The Bertz CT molecular complexity index is 463. The lowest BCUT2D eigenvalue weighted by molar-refractivity contribution is -0.122. The molecule has 0 spiro atoms. The molecule has 21 heavy (non-hydrogen) atoms. The Kier molecular flexibility index (Phi) is 6.17. The maximum Gasteiger partial charge on any atom is 0.228 e. The van der Waals surface area contributed by atoms with Gasteiger partial charge in [-0.15, -0.1) is 0 Å². The first-order valence-electron chi connectivity index (χ1n) is 7.47. The molecule has 0 radical (unpaired) electrons. The number of carbonyl (C=O) groups is 1. The molecular weight excluding hydrogens is 266 g/mol. The minimum absolute atomic E-state index is 0.0749. The number of ether oxygens (including phenoxy) is 1. The van der Waals surface area contributed by atoms with Crippen LogP contribution >= 0.6 is 0 Å². The number of nitrogens with one attached hydrogen (secondary N) is 2. The predicted molar refractivity (Wildman–Crippen MR) is 83.3 cm³/mol. The standard InChI is InChI=1S/C16H25N3O2/c1-19(2)8-10-21-9-7-18-16(20)15-12-17-11-13-5-3-4-6-14(13)15/h3-6,15,17H,7-12H2,1-2H3,(H,18,20). The van der Waals surface area contributed by atoms with Crippen LogP contribution in [0.15, 0.2) is 24.3 Å². The van der Waals surface area contributed by atoms with Crippen molar-refractivity contribution in [2.24, 2.45) is 0 Å². The van der Waals surface area contributed by atoms with Crippen LogP contribution in [0.3, 0.4) is 0 Å².